The van der Waals surface area contributed by atoms with E-state index < -0.39 is 12.2 Å². The molecule has 1 aromatic carbocycles. The first kappa shape index (κ1) is 16.8. The van der Waals surface area contributed by atoms with Gasteiger partial charge in [0.05, 0.1) is 12.1 Å². The van der Waals surface area contributed by atoms with E-state index in [1.54, 1.807) is 0 Å². The van der Waals surface area contributed by atoms with Crippen molar-refractivity contribution >= 4 is 0 Å². The Morgan fingerprint density at radius 1 is 1.22 bits per heavy atom. The van der Waals surface area contributed by atoms with Gasteiger partial charge in [0, 0.05) is 26.1 Å². The van der Waals surface area contributed by atoms with Gasteiger partial charge in [0.25, 0.3) is 0 Å². The fourth-order valence-corrected chi connectivity index (χ4v) is 3.73. The molecule has 2 saturated heterocycles. The maximum atomic E-state index is 13.7. The summed E-state index contributed by atoms with van der Waals surface area (Å²) < 4.78 is 32.4. The molecule has 2 aliphatic heterocycles. The van der Waals surface area contributed by atoms with Crippen molar-refractivity contribution < 1.29 is 13.5 Å². The van der Waals surface area contributed by atoms with Crippen LogP contribution in [0.15, 0.2) is 24.3 Å². The van der Waals surface area contributed by atoms with Crippen molar-refractivity contribution in [3.8, 4) is 0 Å². The number of nitrogens with two attached hydrogens (primary N) is 1. The molecule has 23 heavy (non-hydrogen) atoms. The molecule has 0 radical (unpaired) electrons. The number of benzene rings is 1. The zero-order valence-corrected chi connectivity index (χ0v) is 13.5. The molecule has 2 heterocycles. The van der Waals surface area contributed by atoms with E-state index in [9.17, 15) is 8.78 Å². The average molecular weight is 324 g/mol. The highest BCUT2D eigenvalue weighted by molar-refractivity contribution is 5.16. The van der Waals surface area contributed by atoms with E-state index in [0.717, 1.165) is 25.9 Å². The van der Waals surface area contributed by atoms with Gasteiger partial charge < -0.3 is 15.4 Å². The maximum Gasteiger partial charge on any atom is 0.123 e. The number of likely N-dealkylation sites (tertiary alicyclic amines) is 1. The van der Waals surface area contributed by atoms with Crippen molar-refractivity contribution in [3.05, 3.63) is 35.6 Å². The van der Waals surface area contributed by atoms with E-state index in [1.165, 1.54) is 24.1 Å². The zero-order chi connectivity index (χ0) is 16.2. The Balaban J connectivity index is 1.52. The van der Waals surface area contributed by atoms with Crippen LogP contribution >= 0.6 is 0 Å². The summed E-state index contributed by atoms with van der Waals surface area (Å²) in [6.45, 7) is 3.16. The Bertz CT molecular complexity index is 496. The van der Waals surface area contributed by atoms with Crippen LogP contribution in [0.2, 0.25) is 0 Å². The lowest BCUT2D eigenvalue weighted by Crippen LogP contribution is -2.54. The lowest BCUT2D eigenvalue weighted by molar-refractivity contribution is -0.0534. The van der Waals surface area contributed by atoms with Crippen LogP contribution in [0.3, 0.4) is 0 Å². The summed E-state index contributed by atoms with van der Waals surface area (Å²) in [6, 6.07) is 6.25. The fourth-order valence-electron chi connectivity index (χ4n) is 3.73. The van der Waals surface area contributed by atoms with Crippen LogP contribution in [-0.2, 0) is 11.2 Å². The van der Waals surface area contributed by atoms with Gasteiger partial charge in [-0.05, 0) is 49.4 Å². The molecule has 2 fully saturated rings. The van der Waals surface area contributed by atoms with Gasteiger partial charge in [-0.1, -0.05) is 12.1 Å². The van der Waals surface area contributed by atoms with E-state index >= 15 is 0 Å². The molecule has 4 atom stereocenters. The average Bonchev–Trinajstić information content (AvgIpc) is 2.54. The molecule has 1 aromatic rings. The lowest BCUT2D eigenvalue weighted by atomic mass is 9.90. The van der Waals surface area contributed by atoms with Gasteiger partial charge in [-0.3, -0.25) is 0 Å². The molecule has 0 aromatic heterocycles. The normalized spacial score (nSPS) is 32.8. The Kier molecular flexibility index (Phi) is 5.62. The number of hydrogen-bond donors (Lipinski definition) is 1. The molecule has 5 heteroatoms. The van der Waals surface area contributed by atoms with Gasteiger partial charge >= 0.3 is 0 Å². The molecule has 3 nitrogen and oxygen atoms in total. The highest BCUT2D eigenvalue weighted by Crippen LogP contribution is 2.23. The highest BCUT2D eigenvalue weighted by atomic mass is 19.1. The molecule has 128 valence electrons. The van der Waals surface area contributed by atoms with Crippen LogP contribution in [-0.4, -0.2) is 49.5 Å². The van der Waals surface area contributed by atoms with E-state index in [4.69, 9.17) is 10.5 Å². The van der Waals surface area contributed by atoms with E-state index in [0.29, 0.717) is 25.5 Å². The van der Waals surface area contributed by atoms with Gasteiger partial charge in [-0.25, -0.2) is 8.78 Å². The van der Waals surface area contributed by atoms with Crippen LogP contribution in [0.4, 0.5) is 8.78 Å². The molecular formula is C18H26F2N2O. The number of piperidine rings is 1. The number of halogens is 2. The van der Waals surface area contributed by atoms with Crippen LogP contribution < -0.4 is 5.73 Å². The molecule has 0 bridgehead atoms. The molecular weight excluding hydrogens is 298 g/mol. The number of alkyl halides is 1. The first-order chi connectivity index (χ1) is 11.1. The zero-order valence-electron chi connectivity index (χ0n) is 13.5. The van der Waals surface area contributed by atoms with Crippen LogP contribution in [0, 0.1) is 11.7 Å². The van der Waals surface area contributed by atoms with E-state index in [2.05, 4.69) is 4.90 Å². The largest absolute Gasteiger partial charge is 0.375 e. The fraction of sp³-hybridized carbons (Fsp3) is 0.667. The minimum Gasteiger partial charge on any atom is -0.375 e. The molecule has 2 N–H and O–H groups in total. The van der Waals surface area contributed by atoms with Crippen molar-refractivity contribution in [1.82, 2.24) is 4.90 Å². The monoisotopic (exact) mass is 324 g/mol. The maximum absolute atomic E-state index is 13.7. The smallest absolute Gasteiger partial charge is 0.123 e. The summed E-state index contributed by atoms with van der Waals surface area (Å²) in [5.41, 5.74) is 7.12. The van der Waals surface area contributed by atoms with Gasteiger partial charge in [0.2, 0.25) is 0 Å². The summed E-state index contributed by atoms with van der Waals surface area (Å²) in [7, 11) is 0. The number of rotatable bonds is 4. The van der Waals surface area contributed by atoms with Crippen molar-refractivity contribution in [2.75, 3.05) is 26.2 Å². The van der Waals surface area contributed by atoms with Gasteiger partial charge in [-0.2, -0.15) is 0 Å². The van der Waals surface area contributed by atoms with Crippen LogP contribution in [0.25, 0.3) is 0 Å². The summed E-state index contributed by atoms with van der Waals surface area (Å²) in [4.78, 5) is 2.35. The first-order valence-corrected chi connectivity index (χ1v) is 8.60. The quantitative estimate of drug-likeness (QED) is 0.925. The second-order valence-electron chi connectivity index (χ2n) is 6.89. The topological polar surface area (TPSA) is 38.5 Å². The van der Waals surface area contributed by atoms with Crippen molar-refractivity contribution in [1.29, 1.82) is 0 Å². The van der Waals surface area contributed by atoms with E-state index in [1.807, 2.05) is 12.1 Å². The molecule has 0 amide bonds. The Morgan fingerprint density at radius 3 is 2.78 bits per heavy atom. The van der Waals surface area contributed by atoms with Crippen molar-refractivity contribution in [3.63, 3.8) is 0 Å². The third kappa shape index (κ3) is 4.49. The second kappa shape index (κ2) is 7.69. The van der Waals surface area contributed by atoms with Gasteiger partial charge in [-0.15, -0.1) is 0 Å². The third-order valence-corrected chi connectivity index (χ3v) is 5.05. The molecule has 3 rings (SSSR count). The third-order valence-electron chi connectivity index (χ3n) is 5.05. The number of hydrogen-bond acceptors (Lipinski definition) is 3. The Hall–Kier alpha value is -1.04. The minimum atomic E-state index is -0.950. The first-order valence-electron chi connectivity index (χ1n) is 8.60. The molecule has 2 aliphatic rings. The molecule has 0 unspecified atom stereocenters. The molecule has 0 spiro atoms. The van der Waals surface area contributed by atoms with Crippen molar-refractivity contribution in [2.45, 2.75) is 44.0 Å². The summed E-state index contributed by atoms with van der Waals surface area (Å²) in [5, 5.41) is 0. The highest BCUT2D eigenvalue weighted by Gasteiger charge is 2.33. The molecule has 0 aliphatic carbocycles. The standard InChI is InChI=1S/C18H26F2N2O/c19-15-5-3-13(4-6-15)10-14-2-1-8-22(11-14)12-17-18(21)16(20)7-9-23-17/h3-6,14,16-18H,1-2,7-12,21H2/t14-,16+,17+,18+/m0/s1. The predicted octanol–water partition coefficient (Wildman–Crippen LogP) is 2.53. The van der Waals surface area contributed by atoms with E-state index in [-0.39, 0.29) is 11.9 Å². The van der Waals surface area contributed by atoms with Crippen molar-refractivity contribution in [2.24, 2.45) is 11.7 Å². The molecule has 0 saturated carbocycles. The minimum absolute atomic E-state index is 0.191. The summed E-state index contributed by atoms with van der Waals surface area (Å²) in [5.74, 6) is 0.360. The Morgan fingerprint density at radius 2 is 2.00 bits per heavy atom. The van der Waals surface area contributed by atoms with Gasteiger partial charge in [0.1, 0.15) is 12.0 Å². The SMILES string of the molecule is N[C@@H]1[C@H](F)CCO[C@@H]1CN1CCC[C@@H](Cc2ccc(F)cc2)C1. The van der Waals surface area contributed by atoms with Gasteiger partial charge in [0.15, 0.2) is 0 Å². The van der Waals surface area contributed by atoms with Crippen LogP contribution in [0.1, 0.15) is 24.8 Å². The summed E-state index contributed by atoms with van der Waals surface area (Å²) >= 11 is 0. The predicted molar refractivity (Wildman–Crippen MR) is 86.5 cm³/mol. The summed E-state index contributed by atoms with van der Waals surface area (Å²) in [6.07, 6.45) is 2.52. The Labute approximate surface area is 136 Å². The number of ether oxygens (including phenoxy) is 1. The number of nitrogens with zero attached hydrogens (tertiary/aromatic N) is 1. The van der Waals surface area contributed by atoms with Crippen LogP contribution in [0.5, 0.6) is 0 Å². The second-order valence-corrected chi connectivity index (χ2v) is 6.89. The lowest BCUT2D eigenvalue weighted by Gasteiger charge is -2.38.